The zero-order chi connectivity index (χ0) is 17.6. The molecule has 1 amide bonds. The molecule has 0 aliphatic carbocycles. The van der Waals surface area contributed by atoms with Crippen molar-refractivity contribution in [3.05, 3.63) is 30.3 Å². The van der Waals surface area contributed by atoms with Gasteiger partial charge in [0.2, 0.25) is 5.91 Å². The number of likely N-dealkylation sites (tertiary alicyclic amines) is 1. The van der Waals surface area contributed by atoms with Crippen molar-refractivity contribution in [1.29, 1.82) is 0 Å². The minimum Gasteiger partial charge on any atom is -0.312 e. The third-order valence-corrected chi connectivity index (χ3v) is 5.57. The molecule has 1 aromatic rings. The highest BCUT2D eigenvalue weighted by atomic mass is 16.2. The molecule has 5 nitrogen and oxygen atoms in total. The first kappa shape index (κ1) is 18.4. The minimum absolute atomic E-state index is 0.208. The summed E-state index contributed by atoms with van der Waals surface area (Å²) in [6.45, 7) is 9.89. The molecule has 1 aromatic carbocycles. The molecule has 0 spiro atoms. The molecule has 3 rings (SSSR count). The van der Waals surface area contributed by atoms with Gasteiger partial charge in [0.15, 0.2) is 0 Å². The van der Waals surface area contributed by atoms with E-state index in [-0.39, 0.29) is 5.91 Å². The van der Waals surface area contributed by atoms with Gasteiger partial charge in [0.05, 0.1) is 6.54 Å². The summed E-state index contributed by atoms with van der Waals surface area (Å²) < 4.78 is 0. The average molecular weight is 345 g/mol. The Kier molecular flexibility index (Phi) is 6.45. The monoisotopic (exact) mass is 344 g/mol. The number of amides is 1. The number of carbonyl (C=O) groups is 1. The van der Waals surface area contributed by atoms with E-state index in [2.05, 4.69) is 21.7 Å². The lowest BCUT2D eigenvalue weighted by molar-refractivity contribution is -0.120. The molecule has 2 fully saturated rings. The number of nitrogens with zero attached hydrogens (tertiary/aromatic N) is 4. The van der Waals surface area contributed by atoms with Crippen molar-refractivity contribution in [2.45, 2.75) is 25.8 Å². The van der Waals surface area contributed by atoms with Crippen LogP contribution in [0.5, 0.6) is 0 Å². The molecule has 0 aromatic heterocycles. The fraction of sp³-hybridized carbons (Fsp3) is 0.650. The number of benzene rings is 1. The molecular weight excluding hydrogens is 312 g/mol. The first-order valence-electron chi connectivity index (χ1n) is 9.67. The first-order valence-corrected chi connectivity index (χ1v) is 9.67. The third kappa shape index (κ3) is 4.81. The SMILES string of the molecule is CCN(C(=O)CN1CCN(C2CCCN(C)C2)CC1)c1ccccc1. The lowest BCUT2D eigenvalue weighted by Crippen LogP contribution is -2.55. The van der Waals surface area contributed by atoms with Crippen LogP contribution < -0.4 is 4.90 Å². The summed E-state index contributed by atoms with van der Waals surface area (Å²) in [7, 11) is 2.23. The quantitative estimate of drug-likeness (QED) is 0.814. The normalized spacial score (nSPS) is 23.5. The maximum atomic E-state index is 12.7. The van der Waals surface area contributed by atoms with Crippen LogP contribution in [0, 0.1) is 0 Å². The predicted molar refractivity (Wildman–Crippen MR) is 103 cm³/mol. The zero-order valence-electron chi connectivity index (χ0n) is 15.7. The standard InChI is InChI=1S/C20H32N4O/c1-3-24(18-8-5-4-6-9-18)20(25)17-22-12-14-23(15-13-22)19-10-7-11-21(2)16-19/h4-6,8-9,19H,3,7,10-17H2,1-2H3. The highest BCUT2D eigenvalue weighted by Crippen LogP contribution is 2.17. The van der Waals surface area contributed by atoms with Crippen LogP contribution >= 0.6 is 0 Å². The molecule has 2 heterocycles. The van der Waals surface area contributed by atoms with Gasteiger partial charge in [-0.05, 0) is 45.5 Å². The smallest absolute Gasteiger partial charge is 0.241 e. The molecule has 0 radical (unpaired) electrons. The van der Waals surface area contributed by atoms with E-state index in [1.165, 1.54) is 25.9 Å². The Morgan fingerprint density at radius 2 is 1.84 bits per heavy atom. The van der Waals surface area contributed by atoms with Crippen LogP contribution in [0.3, 0.4) is 0 Å². The Morgan fingerprint density at radius 1 is 1.12 bits per heavy atom. The Morgan fingerprint density at radius 3 is 2.48 bits per heavy atom. The van der Waals surface area contributed by atoms with Crippen molar-refractivity contribution in [2.75, 3.05) is 64.3 Å². The van der Waals surface area contributed by atoms with Crippen LogP contribution in [0.25, 0.3) is 0 Å². The molecule has 2 aliphatic rings. The number of anilines is 1. The molecule has 2 saturated heterocycles. The van der Waals surface area contributed by atoms with E-state index < -0.39 is 0 Å². The Labute approximate surface area is 152 Å². The Balaban J connectivity index is 1.49. The molecular formula is C20H32N4O. The number of para-hydroxylation sites is 1. The molecule has 1 unspecified atom stereocenters. The molecule has 0 saturated carbocycles. The number of hydrogen-bond donors (Lipinski definition) is 0. The van der Waals surface area contributed by atoms with Crippen molar-refractivity contribution >= 4 is 11.6 Å². The summed E-state index contributed by atoms with van der Waals surface area (Å²) in [6, 6.07) is 10.7. The topological polar surface area (TPSA) is 30.0 Å². The maximum absolute atomic E-state index is 12.7. The van der Waals surface area contributed by atoms with E-state index in [0.29, 0.717) is 12.6 Å². The second kappa shape index (κ2) is 8.79. The number of hydrogen-bond acceptors (Lipinski definition) is 4. The van der Waals surface area contributed by atoms with E-state index in [1.807, 2.05) is 42.2 Å². The van der Waals surface area contributed by atoms with E-state index >= 15 is 0 Å². The number of piperazine rings is 1. The van der Waals surface area contributed by atoms with E-state index in [0.717, 1.165) is 38.4 Å². The van der Waals surface area contributed by atoms with Crippen LogP contribution in [0.2, 0.25) is 0 Å². The van der Waals surface area contributed by atoms with Crippen LogP contribution in [-0.4, -0.2) is 86.1 Å². The molecule has 1 atom stereocenters. The van der Waals surface area contributed by atoms with E-state index in [1.54, 1.807) is 0 Å². The van der Waals surface area contributed by atoms with Crippen molar-refractivity contribution in [1.82, 2.24) is 14.7 Å². The Bertz CT molecular complexity index is 542. The first-order chi connectivity index (χ1) is 12.2. The minimum atomic E-state index is 0.208. The number of carbonyl (C=O) groups excluding carboxylic acids is 1. The molecule has 0 bridgehead atoms. The van der Waals surface area contributed by atoms with Gasteiger partial charge < -0.3 is 9.80 Å². The van der Waals surface area contributed by atoms with Crippen molar-refractivity contribution < 1.29 is 4.79 Å². The van der Waals surface area contributed by atoms with Gasteiger partial charge in [-0.3, -0.25) is 14.6 Å². The van der Waals surface area contributed by atoms with Crippen molar-refractivity contribution in [3.63, 3.8) is 0 Å². The zero-order valence-corrected chi connectivity index (χ0v) is 15.7. The van der Waals surface area contributed by atoms with Crippen molar-refractivity contribution in [3.8, 4) is 0 Å². The van der Waals surface area contributed by atoms with E-state index in [4.69, 9.17) is 0 Å². The third-order valence-electron chi connectivity index (χ3n) is 5.57. The van der Waals surface area contributed by atoms with Gasteiger partial charge >= 0.3 is 0 Å². The summed E-state index contributed by atoms with van der Waals surface area (Å²) in [5, 5.41) is 0. The number of rotatable bonds is 5. The van der Waals surface area contributed by atoms with Gasteiger partial charge in [-0.25, -0.2) is 0 Å². The van der Waals surface area contributed by atoms with Gasteiger partial charge in [-0.2, -0.15) is 0 Å². The number of likely N-dealkylation sites (N-methyl/N-ethyl adjacent to an activating group) is 2. The van der Waals surface area contributed by atoms with Crippen LogP contribution in [0.1, 0.15) is 19.8 Å². The maximum Gasteiger partial charge on any atom is 0.241 e. The van der Waals surface area contributed by atoms with E-state index in [9.17, 15) is 4.79 Å². The molecule has 0 N–H and O–H groups in total. The summed E-state index contributed by atoms with van der Waals surface area (Å²) in [5.74, 6) is 0.208. The molecule has 2 aliphatic heterocycles. The van der Waals surface area contributed by atoms with Gasteiger partial charge in [0.1, 0.15) is 0 Å². The lowest BCUT2D eigenvalue weighted by Gasteiger charge is -2.42. The largest absolute Gasteiger partial charge is 0.312 e. The van der Waals surface area contributed by atoms with Crippen LogP contribution in [-0.2, 0) is 4.79 Å². The average Bonchev–Trinajstić information content (AvgIpc) is 2.64. The number of piperidine rings is 1. The molecule has 5 heteroatoms. The lowest BCUT2D eigenvalue weighted by atomic mass is 10.0. The summed E-state index contributed by atoms with van der Waals surface area (Å²) in [6.07, 6.45) is 2.63. The fourth-order valence-corrected chi connectivity index (χ4v) is 4.11. The highest BCUT2D eigenvalue weighted by Gasteiger charge is 2.28. The second-order valence-electron chi connectivity index (χ2n) is 7.34. The van der Waals surface area contributed by atoms with Crippen LogP contribution in [0.15, 0.2) is 30.3 Å². The molecule has 138 valence electrons. The Hall–Kier alpha value is -1.43. The van der Waals surface area contributed by atoms with Crippen molar-refractivity contribution in [2.24, 2.45) is 0 Å². The van der Waals surface area contributed by atoms with Gasteiger partial charge in [-0.1, -0.05) is 18.2 Å². The highest BCUT2D eigenvalue weighted by molar-refractivity contribution is 5.94. The summed E-state index contributed by atoms with van der Waals surface area (Å²) in [5.41, 5.74) is 0.999. The van der Waals surface area contributed by atoms with Gasteiger partial charge in [0, 0.05) is 51.0 Å². The molecule has 25 heavy (non-hydrogen) atoms. The van der Waals surface area contributed by atoms with Gasteiger partial charge in [0.25, 0.3) is 0 Å². The van der Waals surface area contributed by atoms with Crippen LogP contribution in [0.4, 0.5) is 5.69 Å². The fourth-order valence-electron chi connectivity index (χ4n) is 4.11. The summed E-state index contributed by atoms with van der Waals surface area (Å²) >= 11 is 0. The second-order valence-corrected chi connectivity index (χ2v) is 7.34. The predicted octanol–water partition coefficient (Wildman–Crippen LogP) is 1.75. The summed E-state index contributed by atoms with van der Waals surface area (Å²) in [4.78, 5) is 22.0. The van der Waals surface area contributed by atoms with Gasteiger partial charge in [-0.15, -0.1) is 0 Å².